The minimum Gasteiger partial charge on any atom is -0.400 e. The van der Waals surface area contributed by atoms with Crippen molar-refractivity contribution < 1.29 is 9.31 Å². The van der Waals surface area contributed by atoms with Crippen molar-refractivity contribution in [3.8, 4) is 0 Å². The molecule has 2 fully saturated rings. The van der Waals surface area contributed by atoms with Crippen LogP contribution in [0.4, 0.5) is 0 Å². The van der Waals surface area contributed by atoms with Crippen molar-refractivity contribution in [1.82, 2.24) is 4.98 Å². The first kappa shape index (κ1) is 13.8. The van der Waals surface area contributed by atoms with Crippen molar-refractivity contribution in [2.24, 2.45) is 0 Å². The lowest BCUT2D eigenvalue weighted by Gasteiger charge is -2.32. The molecule has 2 heterocycles. The van der Waals surface area contributed by atoms with Crippen LogP contribution >= 0.6 is 0 Å². The van der Waals surface area contributed by atoms with Crippen molar-refractivity contribution in [3.63, 3.8) is 0 Å². The van der Waals surface area contributed by atoms with Gasteiger partial charge in [0.25, 0.3) is 0 Å². The summed E-state index contributed by atoms with van der Waals surface area (Å²) in [5.74, 6) is 2.71. The third kappa shape index (κ3) is 2.55. The maximum Gasteiger partial charge on any atom is 0.487 e. The minimum atomic E-state index is -0.278. The van der Waals surface area contributed by atoms with Crippen molar-refractivity contribution in [2.45, 2.75) is 57.7 Å². The van der Waals surface area contributed by atoms with E-state index >= 15 is 0 Å². The summed E-state index contributed by atoms with van der Waals surface area (Å²) in [4.78, 5) is 4.24. The van der Waals surface area contributed by atoms with Gasteiger partial charge in [-0.25, -0.2) is 0 Å². The normalized spacial score (nSPS) is 24.5. The Balaban J connectivity index is 1.76. The van der Waals surface area contributed by atoms with Crippen molar-refractivity contribution >= 4 is 13.2 Å². The highest BCUT2D eigenvalue weighted by Crippen LogP contribution is 2.42. The molecule has 0 bridgehead atoms. The Kier molecular flexibility index (Phi) is 3.26. The van der Waals surface area contributed by atoms with E-state index in [0.29, 0.717) is 5.92 Å². The Hall–Kier alpha value is -1.13. The van der Waals surface area contributed by atoms with Crippen LogP contribution in [0.1, 0.15) is 57.6 Å². The van der Waals surface area contributed by atoms with E-state index in [1.807, 2.05) is 18.4 Å². The summed E-state index contributed by atoms with van der Waals surface area (Å²) in [7, 11) is -0.278. The van der Waals surface area contributed by atoms with Crippen molar-refractivity contribution in [2.75, 3.05) is 0 Å². The molecule has 1 aliphatic heterocycles. The summed E-state index contributed by atoms with van der Waals surface area (Å²) < 4.78 is 12.0. The molecule has 1 aromatic rings. The van der Waals surface area contributed by atoms with Crippen molar-refractivity contribution in [1.29, 1.82) is 0 Å². The fourth-order valence-corrected chi connectivity index (χ4v) is 2.45. The van der Waals surface area contributed by atoms with Crippen LogP contribution in [0.5, 0.6) is 0 Å². The molecule has 3 rings (SSSR count). The average Bonchev–Trinajstić information content (AvgIpc) is 3.16. The van der Waals surface area contributed by atoms with Crippen LogP contribution in [-0.2, 0) is 9.31 Å². The maximum atomic E-state index is 5.98. The SMILES string of the molecule is CC1(C)OB(/C=C/c2ccncc2C2CC2)OC1(C)C. The molecule has 0 atom stereocenters. The molecule has 0 amide bonds. The lowest BCUT2D eigenvalue weighted by atomic mass is 9.88. The Labute approximate surface area is 121 Å². The van der Waals surface area contributed by atoms with E-state index in [4.69, 9.17) is 9.31 Å². The molecule has 0 N–H and O–H groups in total. The number of hydrogen-bond donors (Lipinski definition) is 0. The fourth-order valence-electron chi connectivity index (χ4n) is 2.45. The highest BCUT2D eigenvalue weighted by molar-refractivity contribution is 6.52. The van der Waals surface area contributed by atoms with Gasteiger partial charge >= 0.3 is 7.12 Å². The summed E-state index contributed by atoms with van der Waals surface area (Å²) in [5.41, 5.74) is 2.02. The van der Waals surface area contributed by atoms with Crippen LogP contribution in [0, 0.1) is 0 Å². The van der Waals surface area contributed by atoms with Gasteiger partial charge in [0, 0.05) is 12.4 Å². The monoisotopic (exact) mass is 271 g/mol. The molecule has 2 aliphatic rings. The van der Waals surface area contributed by atoms with Crippen LogP contribution in [0.15, 0.2) is 24.4 Å². The van der Waals surface area contributed by atoms with E-state index in [0.717, 1.165) is 0 Å². The molecule has 4 heteroatoms. The number of nitrogens with zero attached hydrogens (tertiary/aromatic N) is 1. The van der Waals surface area contributed by atoms with Crippen LogP contribution in [0.2, 0.25) is 0 Å². The first-order chi connectivity index (χ1) is 9.39. The number of rotatable bonds is 3. The third-order valence-electron chi connectivity index (χ3n) is 4.61. The molecular formula is C16H22BNO2. The molecule has 0 radical (unpaired) electrons. The first-order valence-corrected chi connectivity index (χ1v) is 7.37. The lowest BCUT2D eigenvalue weighted by molar-refractivity contribution is 0.00578. The van der Waals surface area contributed by atoms with E-state index in [1.54, 1.807) is 0 Å². The van der Waals surface area contributed by atoms with Gasteiger partial charge in [0.1, 0.15) is 0 Å². The zero-order chi connectivity index (χ0) is 14.4. The number of pyridine rings is 1. The number of hydrogen-bond acceptors (Lipinski definition) is 3. The second kappa shape index (κ2) is 4.71. The van der Waals surface area contributed by atoms with Crippen LogP contribution in [0.25, 0.3) is 6.08 Å². The van der Waals surface area contributed by atoms with E-state index < -0.39 is 0 Å². The molecule has 0 aromatic carbocycles. The topological polar surface area (TPSA) is 31.4 Å². The Bertz CT molecular complexity index is 519. The van der Waals surface area contributed by atoms with Gasteiger partial charge in [-0.2, -0.15) is 0 Å². The summed E-state index contributed by atoms with van der Waals surface area (Å²) in [5, 5.41) is 0. The molecule has 1 saturated carbocycles. The van der Waals surface area contributed by atoms with E-state index in [1.165, 1.54) is 24.0 Å². The summed E-state index contributed by atoms with van der Waals surface area (Å²) in [6.07, 6.45) is 8.50. The zero-order valence-electron chi connectivity index (χ0n) is 12.7. The van der Waals surface area contributed by atoms with E-state index in [9.17, 15) is 0 Å². The fraction of sp³-hybridized carbons (Fsp3) is 0.562. The Morgan fingerprint density at radius 3 is 2.45 bits per heavy atom. The molecule has 1 aliphatic carbocycles. The largest absolute Gasteiger partial charge is 0.487 e. The Morgan fingerprint density at radius 2 is 1.85 bits per heavy atom. The average molecular weight is 271 g/mol. The quantitative estimate of drug-likeness (QED) is 0.787. The summed E-state index contributed by atoms with van der Waals surface area (Å²) >= 11 is 0. The summed E-state index contributed by atoms with van der Waals surface area (Å²) in [6.45, 7) is 8.29. The highest BCUT2D eigenvalue weighted by atomic mass is 16.7. The van der Waals surface area contributed by atoms with Gasteiger partial charge in [0.15, 0.2) is 0 Å². The van der Waals surface area contributed by atoms with E-state index in [2.05, 4.69) is 44.8 Å². The van der Waals surface area contributed by atoms with Crippen LogP contribution < -0.4 is 0 Å². The van der Waals surface area contributed by atoms with Crippen LogP contribution in [-0.4, -0.2) is 23.3 Å². The molecule has 0 spiro atoms. The third-order valence-corrected chi connectivity index (χ3v) is 4.61. The van der Waals surface area contributed by atoms with Gasteiger partial charge in [-0.3, -0.25) is 4.98 Å². The molecule has 1 aromatic heterocycles. The van der Waals surface area contributed by atoms with Crippen LogP contribution in [0.3, 0.4) is 0 Å². The molecule has 1 saturated heterocycles. The highest BCUT2D eigenvalue weighted by Gasteiger charge is 2.50. The van der Waals surface area contributed by atoms with E-state index in [-0.39, 0.29) is 18.3 Å². The zero-order valence-corrected chi connectivity index (χ0v) is 12.7. The standard InChI is InChI=1S/C16H22BNO2/c1-15(2)16(3,4)20-17(19-15)9-7-13-8-10-18-11-14(13)12-5-6-12/h7-12H,5-6H2,1-4H3/b9-7+. The second-order valence-electron chi connectivity index (χ2n) is 6.76. The molecule has 0 unspecified atom stereocenters. The van der Waals surface area contributed by atoms with Gasteiger partial charge in [0.2, 0.25) is 0 Å². The first-order valence-electron chi connectivity index (χ1n) is 7.37. The summed E-state index contributed by atoms with van der Waals surface area (Å²) in [6, 6.07) is 2.06. The van der Waals surface area contributed by atoms with Gasteiger partial charge in [-0.1, -0.05) is 12.1 Å². The molecule has 3 nitrogen and oxygen atoms in total. The maximum absolute atomic E-state index is 5.98. The predicted molar refractivity (Wildman–Crippen MR) is 81.3 cm³/mol. The smallest absolute Gasteiger partial charge is 0.400 e. The predicted octanol–water partition coefficient (Wildman–Crippen LogP) is 3.60. The minimum absolute atomic E-state index is 0.278. The van der Waals surface area contributed by atoms with Crippen molar-refractivity contribution in [3.05, 3.63) is 35.6 Å². The Morgan fingerprint density at radius 1 is 1.20 bits per heavy atom. The molecule has 20 heavy (non-hydrogen) atoms. The second-order valence-corrected chi connectivity index (χ2v) is 6.76. The molecular weight excluding hydrogens is 249 g/mol. The molecule has 106 valence electrons. The number of aromatic nitrogens is 1. The lowest BCUT2D eigenvalue weighted by Crippen LogP contribution is -2.41. The van der Waals surface area contributed by atoms with Gasteiger partial charge in [-0.05, 0) is 63.6 Å². The van der Waals surface area contributed by atoms with Gasteiger partial charge in [-0.15, -0.1) is 0 Å². The van der Waals surface area contributed by atoms with Gasteiger partial charge < -0.3 is 9.31 Å². The van der Waals surface area contributed by atoms with Gasteiger partial charge in [0.05, 0.1) is 11.2 Å².